The first-order valence-electron chi connectivity index (χ1n) is 9.87. The molecule has 1 atom stereocenters. The largest absolute Gasteiger partial charge is 0.352 e. The molecule has 2 saturated heterocycles. The van der Waals surface area contributed by atoms with E-state index in [1.807, 2.05) is 6.07 Å². The molecule has 3 aliphatic rings. The number of carbonyl (C=O) groups is 1. The van der Waals surface area contributed by atoms with Crippen molar-refractivity contribution in [3.05, 3.63) is 29.3 Å². The minimum absolute atomic E-state index is 0.00426. The molecule has 0 unspecified atom stereocenters. The van der Waals surface area contributed by atoms with Gasteiger partial charge in [0.1, 0.15) is 0 Å². The summed E-state index contributed by atoms with van der Waals surface area (Å²) < 4.78 is 50.5. The van der Waals surface area contributed by atoms with Gasteiger partial charge in [0.25, 0.3) is 0 Å². The van der Waals surface area contributed by atoms with Crippen molar-refractivity contribution in [2.75, 3.05) is 24.6 Å². The van der Waals surface area contributed by atoms with Crippen LogP contribution in [0.2, 0.25) is 0 Å². The third kappa shape index (κ3) is 3.97. The number of sulfone groups is 1. The summed E-state index contributed by atoms with van der Waals surface area (Å²) in [6, 6.07) is 5.10. The third-order valence-corrected chi connectivity index (χ3v) is 9.77. The van der Waals surface area contributed by atoms with Crippen molar-refractivity contribution >= 4 is 25.8 Å². The summed E-state index contributed by atoms with van der Waals surface area (Å²) in [5, 5.41) is 2.83. The third-order valence-electron chi connectivity index (χ3n) is 6.11. The summed E-state index contributed by atoms with van der Waals surface area (Å²) in [4.78, 5) is 12.8. The van der Waals surface area contributed by atoms with Crippen LogP contribution in [0.15, 0.2) is 23.1 Å². The van der Waals surface area contributed by atoms with Crippen molar-refractivity contribution in [3.8, 4) is 0 Å². The van der Waals surface area contributed by atoms with Crippen LogP contribution in [-0.4, -0.2) is 57.7 Å². The number of hydrogen-bond donors (Lipinski definition) is 1. The summed E-state index contributed by atoms with van der Waals surface area (Å²) in [6.07, 6.45) is 4.38. The molecule has 0 aromatic heterocycles. The molecule has 1 aliphatic carbocycles. The summed E-state index contributed by atoms with van der Waals surface area (Å²) in [5.74, 6) is -0.300. The second-order valence-corrected chi connectivity index (χ2v) is 12.2. The van der Waals surface area contributed by atoms with Gasteiger partial charge in [-0.25, -0.2) is 16.8 Å². The van der Waals surface area contributed by atoms with Gasteiger partial charge in [-0.05, 0) is 61.8 Å². The fourth-order valence-corrected chi connectivity index (χ4v) is 7.64. The van der Waals surface area contributed by atoms with Gasteiger partial charge in [-0.15, -0.1) is 0 Å². The summed E-state index contributed by atoms with van der Waals surface area (Å²) in [5.41, 5.74) is 2.37. The lowest BCUT2D eigenvalue weighted by Gasteiger charge is -2.31. The Morgan fingerprint density at radius 1 is 1.07 bits per heavy atom. The predicted molar refractivity (Wildman–Crippen MR) is 105 cm³/mol. The van der Waals surface area contributed by atoms with E-state index in [0.717, 1.165) is 24.8 Å². The standard InChI is InChI=1S/C19H26N2O5S2/c22-19(20-17-8-11-27(23,24)13-17)15-6-9-21(10-7-15)28(25,26)18-5-4-14-2-1-3-16(14)12-18/h4-5,12,15,17H,1-3,6-11,13H2,(H,20,22)/t17-/m0/s1. The minimum atomic E-state index is -3.55. The quantitative estimate of drug-likeness (QED) is 0.770. The van der Waals surface area contributed by atoms with Gasteiger partial charge < -0.3 is 5.32 Å². The lowest BCUT2D eigenvalue weighted by atomic mass is 9.97. The van der Waals surface area contributed by atoms with Gasteiger partial charge in [0.15, 0.2) is 9.84 Å². The molecule has 0 bridgehead atoms. The Morgan fingerprint density at radius 3 is 2.46 bits per heavy atom. The van der Waals surface area contributed by atoms with Crippen LogP contribution in [0.3, 0.4) is 0 Å². The Kier molecular flexibility index (Phi) is 5.26. The van der Waals surface area contributed by atoms with Gasteiger partial charge in [0, 0.05) is 25.0 Å². The molecule has 1 N–H and O–H groups in total. The van der Waals surface area contributed by atoms with E-state index in [4.69, 9.17) is 0 Å². The molecule has 28 heavy (non-hydrogen) atoms. The Labute approximate surface area is 166 Å². The number of aryl methyl sites for hydroxylation is 2. The number of amides is 1. The molecule has 1 amide bonds. The molecule has 154 valence electrons. The highest BCUT2D eigenvalue weighted by Gasteiger charge is 2.35. The number of nitrogens with one attached hydrogen (secondary N) is 1. The Morgan fingerprint density at radius 2 is 1.79 bits per heavy atom. The zero-order chi connectivity index (χ0) is 19.9. The maximum Gasteiger partial charge on any atom is 0.243 e. The zero-order valence-electron chi connectivity index (χ0n) is 15.8. The molecule has 4 rings (SSSR count). The number of hydrogen-bond acceptors (Lipinski definition) is 5. The number of rotatable bonds is 4. The van der Waals surface area contributed by atoms with Gasteiger partial charge in [0.05, 0.1) is 16.4 Å². The first kappa shape index (κ1) is 19.8. The normalized spacial score (nSPS) is 25.5. The Balaban J connectivity index is 1.36. The number of sulfonamides is 1. The highest BCUT2D eigenvalue weighted by Crippen LogP contribution is 2.28. The van der Waals surface area contributed by atoms with E-state index in [-0.39, 0.29) is 29.4 Å². The van der Waals surface area contributed by atoms with Crippen molar-refractivity contribution in [2.45, 2.75) is 49.5 Å². The van der Waals surface area contributed by atoms with E-state index in [9.17, 15) is 21.6 Å². The van der Waals surface area contributed by atoms with E-state index in [1.54, 1.807) is 12.1 Å². The smallest absolute Gasteiger partial charge is 0.243 e. The van der Waals surface area contributed by atoms with Gasteiger partial charge >= 0.3 is 0 Å². The van der Waals surface area contributed by atoms with Crippen LogP contribution in [0.4, 0.5) is 0 Å². The molecule has 1 aromatic rings. The van der Waals surface area contributed by atoms with E-state index < -0.39 is 19.9 Å². The topological polar surface area (TPSA) is 101 Å². The molecular formula is C19H26N2O5S2. The van der Waals surface area contributed by atoms with Crippen molar-refractivity contribution < 1.29 is 21.6 Å². The zero-order valence-corrected chi connectivity index (χ0v) is 17.4. The SMILES string of the molecule is O=C(N[C@H]1CCS(=O)(=O)C1)C1CCN(S(=O)(=O)c2ccc3c(c2)CCC3)CC1. The van der Waals surface area contributed by atoms with Gasteiger partial charge in [-0.2, -0.15) is 4.31 Å². The van der Waals surface area contributed by atoms with E-state index in [0.29, 0.717) is 37.2 Å². The number of carbonyl (C=O) groups excluding carboxylic acids is 1. The monoisotopic (exact) mass is 426 g/mol. The molecule has 2 aliphatic heterocycles. The van der Waals surface area contributed by atoms with E-state index in [2.05, 4.69) is 5.32 Å². The van der Waals surface area contributed by atoms with E-state index >= 15 is 0 Å². The van der Waals surface area contributed by atoms with Crippen LogP contribution in [0, 0.1) is 5.92 Å². The second-order valence-electron chi connectivity index (χ2n) is 8.07. The maximum atomic E-state index is 13.0. The fraction of sp³-hybridized carbons (Fsp3) is 0.632. The molecule has 0 spiro atoms. The number of benzene rings is 1. The van der Waals surface area contributed by atoms with Crippen molar-refractivity contribution in [2.24, 2.45) is 5.92 Å². The first-order valence-corrected chi connectivity index (χ1v) is 13.1. The number of piperidine rings is 1. The molecular weight excluding hydrogens is 400 g/mol. The fourth-order valence-electron chi connectivity index (χ4n) is 4.44. The molecule has 9 heteroatoms. The minimum Gasteiger partial charge on any atom is -0.352 e. The number of fused-ring (bicyclic) bond motifs is 1. The van der Waals surface area contributed by atoms with Crippen LogP contribution in [0.25, 0.3) is 0 Å². The summed E-state index contributed by atoms with van der Waals surface area (Å²) in [6.45, 7) is 0.612. The van der Waals surface area contributed by atoms with Gasteiger partial charge in [-0.3, -0.25) is 4.79 Å². The van der Waals surface area contributed by atoms with Crippen molar-refractivity contribution in [1.82, 2.24) is 9.62 Å². The van der Waals surface area contributed by atoms with Crippen LogP contribution in [0.1, 0.15) is 36.8 Å². The molecule has 0 radical (unpaired) electrons. The average molecular weight is 427 g/mol. The molecule has 0 saturated carbocycles. The van der Waals surface area contributed by atoms with Gasteiger partial charge in [-0.1, -0.05) is 6.07 Å². The summed E-state index contributed by atoms with van der Waals surface area (Å²) in [7, 11) is -6.59. The Bertz CT molecular complexity index is 980. The van der Waals surface area contributed by atoms with Crippen LogP contribution < -0.4 is 5.32 Å². The van der Waals surface area contributed by atoms with Crippen molar-refractivity contribution in [3.63, 3.8) is 0 Å². The predicted octanol–water partition coefficient (Wildman–Crippen LogP) is 0.879. The lowest BCUT2D eigenvalue weighted by molar-refractivity contribution is -0.126. The summed E-state index contributed by atoms with van der Waals surface area (Å²) >= 11 is 0. The second kappa shape index (κ2) is 7.42. The first-order chi connectivity index (χ1) is 13.2. The average Bonchev–Trinajstić information content (AvgIpc) is 3.26. The highest BCUT2D eigenvalue weighted by atomic mass is 32.2. The number of nitrogens with zero attached hydrogens (tertiary/aromatic N) is 1. The lowest BCUT2D eigenvalue weighted by Crippen LogP contribution is -2.45. The van der Waals surface area contributed by atoms with Crippen LogP contribution in [-0.2, 0) is 37.5 Å². The van der Waals surface area contributed by atoms with Crippen LogP contribution in [0.5, 0.6) is 0 Å². The Hall–Kier alpha value is -1.45. The van der Waals surface area contributed by atoms with Crippen molar-refractivity contribution in [1.29, 1.82) is 0 Å². The van der Waals surface area contributed by atoms with Crippen LogP contribution >= 0.6 is 0 Å². The maximum absolute atomic E-state index is 13.0. The molecule has 1 aromatic carbocycles. The molecule has 2 heterocycles. The molecule has 2 fully saturated rings. The van der Waals surface area contributed by atoms with Gasteiger partial charge in [0.2, 0.25) is 15.9 Å². The van der Waals surface area contributed by atoms with E-state index in [1.165, 1.54) is 9.87 Å². The molecule has 7 nitrogen and oxygen atoms in total. The highest BCUT2D eigenvalue weighted by molar-refractivity contribution is 7.91.